The number of aryl methyl sites for hydroxylation is 1. The van der Waals surface area contributed by atoms with E-state index in [9.17, 15) is 0 Å². The van der Waals surface area contributed by atoms with Gasteiger partial charge in [0.25, 0.3) is 0 Å². The van der Waals surface area contributed by atoms with Crippen molar-refractivity contribution in [3.8, 4) is 11.8 Å². The Morgan fingerprint density at radius 3 is 2.76 bits per heavy atom. The molecule has 84 valence electrons. The van der Waals surface area contributed by atoms with Crippen LogP contribution < -0.4 is 0 Å². The molecule has 0 saturated carbocycles. The monoisotopic (exact) mass is 225 g/mol. The summed E-state index contributed by atoms with van der Waals surface area (Å²) in [7, 11) is 0. The van der Waals surface area contributed by atoms with Gasteiger partial charge in [0, 0.05) is 5.56 Å². The molecule has 3 rings (SSSR count). The van der Waals surface area contributed by atoms with E-state index in [2.05, 4.69) is 11.2 Å². The second-order valence-electron chi connectivity index (χ2n) is 4.07. The highest BCUT2D eigenvalue weighted by Gasteiger charge is 2.21. The minimum atomic E-state index is 0.607. The summed E-state index contributed by atoms with van der Waals surface area (Å²) in [5.74, 6) is 0. The number of fused-ring (bicyclic) bond motifs is 1. The van der Waals surface area contributed by atoms with Gasteiger partial charge in [-0.2, -0.15) is 10.4 Å². The summed E-state index contributed by atoms with van der Waals surface area (Å²) >= 11 is 0. The predicted molar refractivity (Wildman–Crippen MR) is 61.5 cm³/mol. The topological polar surface area (TPSA) is 50.8 Å². The zero-order chi connectivity index (χ0) is 11.8. The van der Waals surface area contributed by atoms with Crippen molar-refractivity contribution in [2.75, 3.05) is 0 Å². The summed E-state index contributed by atoms with van der Waals surface area (Å²) in [4.78, 5) is 0. The zero-order valence-electron chi connectivity index (χ0n) is 9.47. The SMILES string of the molecule is Cc1nn(-c2ccc(C#N)cc2)c2c1COC2. The van der Waals surface area contributed by atoms with E-state index in [0.29, 0.717) is 18.8 Å². The number of nitriles is 1. The molecule has 0 atom stereocenters. The molecule has 17 heavy (non-hydrogen) atoms. The molecule has 2 aromatic rings. The molecule has 0 amide bonds. The van der Waals surface area contributed by atoms with Crippen LogP contribution in [-0.2, 0) is 18.0 Å². The maximum Gasteiger partial charge on any atom is 0.0991 e. The summed E-state index contributed by atoms with van der Waals surface area (Å²) in [6.45, 7) is 3.25. The molecule has 1 aliphatic rings. The standard InChI is InChI=1S/C13H11N3O/c1-9-12-7-17-8-13(12)16(15-9)11-4-2-10(6-14)3-5-11/h2-5H,7-8H2,1H3. The average Bonchev–Trinajstić information content (AvgIpc) is 2.94. The van der Waals surface area contributed by atoms with Gasteiger partial charge in [-0.25, -0.2) is 4.68 Å². The van der Waals surface area contributed by atoms with E-state index < -0.39 is 0 Å². The Kier molecular flexibility index (Phi) is 2.20. The number of benzene rings is 1. The highest BCUT2D eigenvalue weighted by molar-refractivity contribution is 5.42. The molecule has 0 bridgehead atoms. The van der Waals surface area contributed by atoms with E-state index in [1.807, 2.05) is 23.7 Å². The van der Waals surface area contributed by atoms with Crippen LogP contribution in [0.1, 0.15) is 22.5 Å². The van der Waals surface area contributed by atoms with Crippen molar-refractivity contribution in [1.82, 2.24) is 9.78 Å². The summed E-state index contributed by atoms with van der Waals surface area (Å²) in [5.41, 5.74) is 4.95. The Balaban J connectivity index is 2.10. The van der Waals surface area contributed by atoms with E-state index in [1.165, 1.54) is 5.56 Å². The van der Waals surface area contributed by atoms with Crippen LogP contribution in [0.15, 0.2) is 24.3 Å². The Morgan fingerprint density at radius 2 is 2.06 bits per heavy atom. The molecule has 0 spiro atoms. The predicted octanol–water partition coefficient (Wildman–Crippen LogP) is 2.08. The molecule has 0 unspecified atom stereocenters. The zero-order valence-corrected chi connectivity index (χ0v) is 9.47. The Bertz CT molecular complexity index is 605. The quantitative estimate of drug-likeness (QED) is 0.746. The number of hydrogen-bond acceptors (Lipinski definition) is 3. The van der Waals surface area contributed by atoms with Crippen molar-refractivity contribution in [3.63, 3.8) is 0 Å². The Morgan fingerprint density at radius 1 is 1.29 bits per heavy atom. The van der Waals surface area contributed by atoms with Gasteiger partial charge in [-0.05, 0) is 31.2 Å². The van der Waals surface area contributed by atoms with E-state index in [1.54, 1.807) is 12.1 Å². The van der Waals surface area contributed by atoms with Crippen LogP contribution in [0.4, 0.5) is 0 Å². The lowest BCUT2D eigenvalue weighted by molar-refractivity contribution is 0.130. The van der Waals surface area contributed by atoms with E-state index in [0.717, 1.165) is 17.1 Å². The molecule has 0 radical (unpaired) electrons. The molecule has 0 aliphatic carbocycles. The Hall–Kier alpha value is -2.12. The van der Waals surface area contributed by atoms with Gasteiger partial charge >= 0.3 is 0 Å². The van der Waals surface area contributed by atoms with Gasteiger partial charge in [0.1, 0.15) is 0 Å². The van der Waals surface area contributed by atoms with E-state index in [4.69, 9.17) is 10.00 Å². The minimum Gasteiger partial charge on any atom is -0.370 e. The first-order chi connectivity index (χ1) is 8.29. The fourth-order valence-electron chi connectivity index (χ4n) is 2.08. The number of ether oxygens (including phenoxy) is 1. The van der Waals surface area contributed by atoms with Gasteiger partial charge in [0.15, 0.2) is 0 Å². The van der Waals surface area contributed by atoms with Crippen molar-refractivity contribution in [1.29, 1.82) is 5.26 Å². The van der Waals surface area contributed by atoms with Gasteiger partial charge in [-0.3, -0.25) is 0 Å². The first-order valence-corrected chi connectivity index (χ1v) is 5.45. The molecular formula is C13H11N3O. The molecule has 4 heteroatoms. The molecule has 4 nitrogen and oxygen atoms in total. The summed E-state index contributed by atoms with van der Waals surface area (Å²) in [5, 5.41) is 13.3. The van der Waals surface area contributed by atoms with Gasteiger partial charge in [-0.15, -0.1) is 0 Å². The molecule has 0 saturated heterocycles. The number of nitrogens with zero attached hydrogens (tertiary/aromatic N) is 3. The first-order valence-electron chi connectivity index (χ1n) is 5.45. The van der Waals surface area contributed by atoms with Crippen molar-refractivity contribution in [2.24, 2.45) is 0 Å². The maximum atomic E-state index is 8.77. The van der Waals surface area contributed by atoms with Crippen LogP contribution in [0, 0.1) is 18.3 Å². The molecule has 1 aliphatic heterocycles. The van der Waals surface area contributed by atoms with Gasteiger partial charge < -0.3 is 4.74 Å². The average molecular weight is 225 g/mol. The summed E-state index contributed by atoms with van der Waals surface area (Å²) < 4.78 is 7.33. The number of aromatic nitrogens is 2. The van der Waals surface area contributed by atoms with Crippen molar-refractivity contribution >= 4 is 0 Å². The number of rotatable bonds is 1. The summed E-state index contributed by atoms with van der Waals surface area (Å²) in [6, 6.07) is 9.52. The van der Waals surface area contributed by atoms with Crippen LogP contribution in [0.5, 0.6) is 0 Å². The van der Waals surface area contributed by atoms with Gasteiger partial charge in [0.05, 0.1) is 41.9 Å². The van der Waals surface area contributed by atoms with Crippen LogP contribution in [-0.4, -0.2) is 9.78 Å². The van der Waals surface area contributed by atoms with Crippen LogP contribution >= 0.6 is 0 Å². The minimum absolute atomic E-state index is 0.607. The first kappa shape index (κ1) is 10.1. The lowest BCUT2D eigenvalue weighted by atomic mass is 10.2. The molecule has 0 fully saturated rings. The molecular weight excluding hydrogens is 214 g/mol. The summed E-state index contributed by atoms with van der Waals surface area (Å²) in [6.07, 6.45) is 0. The molecule has 2 heterocycles. The second-order valence-corrected chi connectivity index (χ2v) is 4.07. The number of hydrogen-bond donors (Lipinski definition) is 0. The third kappa shape index (κ3) is 1.52. The highest BCUT2D eigenvalue weighted by Crippen LogP contribution is 2.25. The van der Waals surface area contributed by atoms with Gasteiger partial charge in [0.2, 0.25) is 0 Å². The Labute approximate surface area is 99.1 Å². The largest absolute Gasteiger partial charge is 0.370 e. The van der Waals surface area contributed by atoms with Crippen LogP contribution in [0.2, 0.25) is 0 Å². The smallest absolute Gasteiger partial charge is 0.0991 e. The lowest BCUT2D eigenvalue weighted by Gasteiger charge is -2.04. The van der Waals surface area contributed by atoms with Crippen molar-refractivity contribution in [3.05, 3.63) is 46.8 Å². The van der Waals surface area contributed by atoms with E-state index >= 15 is 0 Å². The van der Waals surface area contributed by atoms with Gasteiger partial charge in [-0.1, -0.05) is 0 Å². The van der Waals surface area contributed by atoms with Crippen LogP contribution in [0.25, 0.3) is 5.69 Å². The molecule has 1 aromatic heterocycles. The maximum absolute atomic E-state index is 8.77. The van der Waals surface area contributed by atoms with Crippen molar-refractivity contribution < 1.29 is 4.74 Å². The second kappa shape index (κ2) is 3.72. The van der Waals surface area contributed by atoms with Crippen molar-refractivity contribution in [2.45, 2.75) is 20.1 Å². The fraction of sp³-hybridized carbons (Fsp3) is 0.231. The molecule has 0 N–H and O–H groups in total. The lowest BCUT2D eigenvalue weighted by Crippen LogP contribution is -2.01. The third-order valence-electron chi connectivity index (χ3n) is 3.02. The van der Waals surface area contributed by atoms with Crippen LogP contribution in [0.3, 0.4) is 0 Å². The van der Waals surface area contributed by atoms with E-state index in [-0.39, 0.29) is 0 Å². The third-order valence-corrected chi connectivity index (χ3v) is 3.02. The normalized spacial score (nSPS) is 13.4. The highest BCUT2D eigenvalue weighted by atomic mass is 16.5. The fourth-order valence-corrected chi connectivity index (χ4v) is 2.08. The molecule has 1 aromatic carbocycles.